The molecular weight excluding hydrogens is 592 g/mol. The van der Waals surface area contributed by atoms with Gasteiger partial charge in [0.15, 0.2) is 23.8 Å². The van der Waals surface area contributed by atoms with Crippen molar-refractivity contribution in [1.82, 2.24) is 19.9 Å². The summed E-state index contributed by atoms with van der Waals surface area (Å²) >= 11 is 0. The fraction of sp³-hybridized carbons (Fsp3) is 0.714. The fourth-order valence-corrected chi connectivity index (χ4v) is 5.49. The Labute approximate surface area is 260 Å². The van der Waals surface area contributed by atoms with Crippen LogP contribution in [-0.2, 0) is 14.3 Å². The Hall–Kier alpha value is -3.64. The number of hydrogen-bond donors (Lipinski definition) is 6. The van der Waals surface area contributed by atoms with Crippen LogP contribution in [0.15, 0.2) is 0 Å². The Morgan fingerprint density at radius 1 is 0.667 bits per heavy atom. The molecule has 0 radical (unpaired) electrons. The van der Waals surface area contributed by atoms with Crippen molar-refractivity contribution >= 4 is 46.5 Å². The molecule has 0 amide bonds. The van der Waals surface area contributed by atoms with Crippen molar-refractivity contribution in [3.05, 3.63) is 0 Å². The van der Waals surface area contributed by atoms with Gasteiger partial charge in [-0.3, -0.25) is 0 Å². The molecule has 2 saturated heterocycles. The molecule has 0 spiro atoms. The predicted octanol–water partition coefficient (Wildman–Crippen LogP) is -1.66. The summed E-state index contributed by atoms with van der Waals surface area (Å²) in [5, 5.41) is 57.4. The summed E-state index contributed by atoms with van der Waals surface area (Å²) in [7, 11) is 0. The number of carbonyl (C=O) groups excluding carboxylic acids is 1. The topological polar surface area (TPSA) is 229 Å². The van der Waals surface area contributed by atoms with Crippen molar-refractivity contribution in [3.63, 3.8) is 0 Å². The molecule has 17 nitrogen and oxygen atoms in total. The number of piperidine rings is 2. The van der Waals surface area contributed by atoms with Crippen molar-refractivity contribution < 1.29 is 45.0 Å². The highest BCUT2D eigenvalue weighted by atomic mass is 16.6. The number of anilines is 4. The second-order valence-electron chi connectivity index (χ2n) is 11.0. The number of carboxylic acid groups (broad SMARTS) is 1. The number of nitrogens with zero attached hydrogens (tertiary/aromatic N) is 8. The van der Waals surface area contributed by atoms with Crippen LogP contribution < -0.4 is 19.6 Å². The average Bonchev–Trinajstić information content (AvgIpc) is 3.06. The molecule has 6 N–H and O–H groups in total. The SMILES string of the molecule is O=C(O)C(O)C(O)C(=O)OCCN(CCO)c1nc(N2CCCCC2)c2nc(N(CCO)CCO)nc(N3CCCCC3)c2n1. The van der Waals surface area contributed by atoms with Crippen molar-refractivity contribution in [2.24, 2.45) is 0 Å². The van der Waals surface area contributed by atoms with E-state index < -0.39 is 24.1 Å². The van der Waals surface area contributed by atoms with Crippen molar-refractivity contribution in [2.45, 2.75) is 50.7 Å². The predicted molar refractivity (Wildman–Crippen MR) is 164 cm³/mol. The Kier molecular flexibility index (Phi) is 12.6. The zero-order valence-electron chi connectivity index (χ0n) is 25.4. The smallest absolute Gasteiger partial charge is 0.338 e. The van der Waals surface area contributed by atoms with Crippen LogP contribution in [0.4, 0.5) is 23.5 Å². The fourth-order valence-electron chi connectivity index (χ4n) is 5.49. The zero-order chi connectivity index (χ0) is 32.3. The molecule has 0 aliphatic carbocycles. The van der Waals surface area contributed by atoms with Crippen molar-refractivity contribution in [2.75, 3.05) is 98.4 Å². The summed E-state index contributed by atoms with van der Waals surface area (Å²) in [6.07, 6.45) is 1.44. The Morgan fingerprint density at radius 2 is 1.09 bits per heavy atom. The van der Waals surface area contributed by atoms with E-state index in [0.717, 1.165) is 64.7 Å². The lowest BCUT2D eigenvalue weighted by atomic mass is 10.1. The molecule has 0 bridgehead atoms. The van der Waals surface area contributed by atoms with Crippen LogP contribution in [0.5, 0.6) is 0 Å². The van der Waals surface area contributed by atoms with Gasteiger partial charge in [0.05, 0.1) is 26.4 Å². The second-order valence-corrected chi connectivity index (χ2v) is 11.0. The third-order valence-electron chi connectivity index (χ3n) is 7.87. The van der Waals surface area contributed by atoms with E-state index in [0.29, 0.717) is 28.6 Å². The first-order chi connectivity index (χ1) is 21.8. The van der Waals surface area contributed by atoms with Crippen LogP contribution in [0.3, 0.4) is 0 Å². The van der Waals surface area contributed by atoms with Gasteiger partial charge in [0, 0.05) is 45.8 Å². The Morgan fingerprint density at radius 3 is 1.49 bits per heavy atom. The molecule has 0 saturated carbocycles. The Balaban J connectivity index is 1.78. The van der Waals surface area contributed by atoms with Gasteiger partial charge < -0.3 is 55.0 Å². The van der Waals surface area contributed by atoms with E-state index >= 15 is 0 Å². The van der Waals surface area contributed by atoms with E-state index in [4.69, 9.17) is 29.8 Å². The first kappa shape index (κ1) is 34.2. The summed E-state index contributed by atoms with van der Waals surface area (Å²) in [5.74, 6) is -1.31. The molecular formula is C28H44N8O9. The van der Waals surface area contributed by atoms with Gasteiger partial charge in [-0.1, -0.05) is 0 Å². The molecule has 4 heterocycles. The number of fused-ring (bicyclic) bond motifs is 1. The van der Waals surface area contributed by atoms with Gasteiger partial charge in [-0.25, -0.2) is 19.6 Å². The quantitative estimate of drug-likeness (QED) is 0.113. The molecule has 0 aromatic carbocycles. The van der Waals surface area contributed by atoms with E-state index in [1.807, 2.05) is 0 Å². The number of esters is 1. The van der Waals surface area contributed by atoms with E-state index in [-0.39, 0.29) is 58.6 Å². The highest BCUT2D eigenvalue weighted by molar-refractivity contribution is 5.95. The molecule has 2 unspecified atom stereocenters. The monoisotopic (exact) mass is 636 g/mol. The number of carboxylic acids is 1. The standard InChI is InChI=1S/C28H44N8O9/c37-15-11-35(12-16-38)27-29-19-20(23(31-27)33-7-3-1-4-8-33)30-28(32-24(19)34-9-5-2-6-10-34)36(13-17-39)14-18-45-26(44)22(41)21(40)25(42)43/h21-22,37-41H,1-18H2,(H,42,43). The number of aliphatic carboxylic acids is 1. The highest BCUT2D eigenvalue weighted by Crippen LogP contribution is 2.34. The maximum absolute atomic E-state index is 12.1. The van der Waals surface area contributed by atoms with E-state index in [1.54, 1.807) is 9.80 Å². The van der Waals surface area contributed by atoms with Gasteiger partial charge in [0.1, 0.15) is 17.6 Å². The van der Waals surface area contributed by atoms with E-state index in [9.17, 15) is 35.1 Å². The minimum absolute atomic E-state index is 0.00804. The lowest BCUT2D eigenvalue weighted by Crippen LogP contribution is -2.41. The van der Waals surface area contributed by atoms with Crippen LogP contribution >= 0.6 is 0 Å². The molecule has 45 heavy (non-hydrogen) atoms. The van der Waals surface area contributed by atoms with Gasteiger partial charge in [0.2, 0.25) is 11.9 Å². The molecule has 4 rings (SSSR count). The van der Waals surface area contributed by atoms with Crippen LogP contribution in [0, 0.1) is 0 Å². The van der Waals surface area contributed by atoms with Crippen molar-refractivity contribution in [1.29, 1.82) is 0 Å². The number of aromatic nitrogens is 4. The summed E-state index contributed by atoms with van der Waals surface area (Å²) in [6.45, 7) is 2.61. The summed E-state index contributed by atoms with van der Waals surface area (Å²) < 4.78 is 5.03. The van der Waals surface area contributed by atoms with Crippen molar-refractivity contribution in [3.8, 4) is 0 Å². The largest absolute Gasteiger partial charge is 0.479 e. The molecule has 250 valence electrons. The second kappa shape index (κ2) is 16.6. The summed E-state index contributed by atoms with van der Waals surface area (Å²) in [6, 6.07) is 0. The third-order valence-corrected chi connectivity index (χ3v) is 7.87. The zero-order valence-corrected chi connectivity index (χ0v) is 25.4. The molecule has 2 aliphatic rings. The maximum Gasteiger partial charge on any atom is 0.338 e. The van der Waals surface area contributed by atoms with Gasteiger partial charge in [-0.05, 0) is 38.5 Å². The number of ether oxygens (including phenoxy) is 1. The third kappa shape index (κ3) is 8.55. The lowest BCUT2D eigenvalue weighted by molar-refractivity contribution is -0.169. The first-order valence-electron chi connectivity index (χ1n) is 15.5. The van der Waals surface area contributed by atoms with Gasteiger partial charge >= 0.3 is 11.9 Å². The van der Waals surface area contributed by atoms with Crippen LogP contribution in [0.1, 0.15) is 38.5 Å². The van der Waals surface area contributed by atoms with Gasteiger partial charge in [-0.2, -0.15) is 9.97 Å². The molecule has 17 heteroatoms. The first-order valence-corrected chi connectivity index (χ1v) is 15.5. The maximum atomic E-state index is 12.1. The van der Waals surface area contributed by atoms with E-state index in [2.05, 4.69) is 9.80 Å². The van der Waals surface area contributed by atoms with Crippen LogP contribution in [0.2, 0.25) is 0 Å². The van der Waals surface area contributed by atoms with Gasteiger partial charge in [-0.15, -0.1) is 0 Å². The van der Waals surface area contributed by atoms with Crippen LogP contribution in [-0.4, -0.2) is 154 Å². The normalized spacial score (nSPS) is 16.8. The number of aliphatic hydroxyl groups is 5. The molecule has 2 fully saturated rings. The minimum Gasteiger partial charge on any atom is -0.479 e. The molecule has 2 atom stereocenters. The van der Waals surface area contributed by atoms with E-state index in [1.165, 1.54) is 0 Å². The number of rotatable bonds is 16. The summed E-state index contributed by atoms with van der Waals surface area (Å²) in [4.78, 5) is 50.3. The average molecular weight is 637 g/mol. The highest BCUT2D eigenvalue weighted by Gasteiger charge is 2.32. The number of aliphatic hydroxyl groups excluding tert-OH is 5. The number of carbonyl (C=O) groups is 2. The molecule has 2 aromatic rings. The molecule has 2 aliphatic heterocycles. The van der Waals surface area contributed by atoms with Gasteiger partial charge in [0.25, 0.3) is 0 Å². The number of hydrogen-bond acceptors (Lipinski definition) is 16. The molecule has 2 aromatic heterocycles. The lowest BCUT2D eigenvalue weighted by Gasteiger charge is -2.33. The minimum atomic E-state index is -2.33. The summed E-state index contributed by atoms with van der Waals surface area (Å²) in [5.41, 5.74) is 1.02. The van der Waals surface area contributed by atoms with Crippen LogP contribution in [0.25, 0.3) is 11.0 Å². The Bertz CT molecular complexity index is 1270.